The molecule has 1 aliphatic heterocycles. The molecule has 3 unspecified atom stereocenters. The molecule has 15 heteroatoms. The standard InChI is InChI=1S/C75H141N5O10/c1-7-13-19-25-28-35-46-65(43-32-22-16-10-4)59-76-68(81)49-40-52-72(85)88-62-75(79-71(84)55-58-80-56-38-31-39-57-80,63-89-73(86)53-41-50-69(82)77-60-66(44-33-23-17-11-5)47-36-29-26-20-14-8-2)64-90-74(87)54-42-51-70(83)78-61-67(45-34-24-18-12-6)48-37-30-27-21-15-9-3/h65-67H,7-64H2,1-6H3,(H,76,81)(H,77,82)(H,78,83)(H,79,84). The van der Waals surface area contributed by atoms with E-state index in [9.17, 15) is 33.6 Å². The summed E-state index contributed by atoms with van der Waals surface area (Å²) in [4.78, 5) is 96.7. The van der Waals surface area contributed by atoms with Gasteiger partial charge in [0.05, 0.1) is 0 Å². The molecule has 4 N–H and O–H groups in total. The number of carbonyl (C=O) groups is 7. The van der Waals surface area contributed by atoms with E-state index in [1.54, 1.807) is 0 Å². The lowest BCUT2D eigenvalue weighted by Gasteiger charge is -2.34. The number of nitrogens with one attached hydrogen (secondary N) is 4. The average molecular weight is 1270 g/mol. The maximum absolute atomic E-state index is 14.0. The van der Waals surface area contributed by atoms with Crippen molar-refractivity contribution in [2.24, 2.45) is 17.8 Å². The predicted octanol–water partition coefficient (Wildman–Crippen LogP) is 17.2. The van der Waals surface area contributed by atoms with E-state index in [4.69, 9.17) is 14.2 Å². The minimum atomic E-state index is -1.65. The summed E-state index contributed by atoms with van der Waals surface area (Å²) in [6, 6.07) is 0. The second-order valence-corrected chi connectivity index (χ2v) is 27.3. The van der Waals surface area contributed by atoms with Crippen LogP contribution < -0.4 is 21.3 Å². The summed E-state index contributed by atoms with van der Waals surface area (Å²) < 4.78 is 17.7. The Morgan fingerprint density at radius 1 is 0.322 bits per heavy atom. The van der Waals surface area contributed by atoms with Crippen LogP contribution >= 0.6 is 0 Å². The molecule has 526 valence electrons. The largest absolute Gasteiger partial charge is 0.463 e. The molecular weight excluding hydrogens is 1130 g/mol. The van der Waals surface area contributed by atoms with Crippen molar-refractivity contribution < 1.29 is 47.8 Å². The monoisotopic (exact) mass is 1270 g/mol. The molecule has 1 rings (SSSR count). The van der Waals surface area contributed by atoms with Gasteiger partial charge in [0.15, 0.2) is 0 Å². The first kappa shape index (κ1) is 84.3. The van der Waals surface area contributed by atoms with Gasteiger partial charge in [-0.1, -0.05) is 241 Å². The number of carbonyl (C=O) groups excluding carboxylic acids is 7. The SMILES string of the molecule is CCCCCCCCC(CCCCCC)CNC(=O)CCCC(=O)OCC(COC(=O)CCCC(=O)NCC(CCCCCC)CCCCCCCC)(COC(=O)CCCC(=O)NCC(CCCCCC)CCCCCCCC)NC(=O)CCN1CCCCC1. The Kier molecular flexibility index (Phi) is 56.4. The van der Waals surface area contributed by atoms with Gasteiger partial charge in [0.2, 0.25) is 23.6 Å². The van der Waals surface area contributed by atoms with Crippen molar-refractivity contribution in [1.29, 1.82) is 0 Å². The summed E-state index contributed by atoms with van der Waals surface area (Å²) in [6.07, 6.45) is 47.4. The van der Waals surface area contributed by atoms with Crippen molar-refractivity contribution in [2.45, 2.75) is 362 Å². The highest BCUT2D eigenvalue weighted by atomic mass is 16.6. The maximum Gasteiger partial charge on any atom is 0.305 e. The number of amides is 4. The summed E-state index contributed by atoms with van der Waals surface area (Å²) >= 11 is 0. The lowest BCUT2D eigenvalue weighted by atomic mass is 9.94. The number of unbranched alkanes of at least 4 members (excludes halogenated alkanes) is 24. The Hall–Kier alpha value is -3.75. The number of likely N-dealkylation sites (tertiary alicyclic amines) is 1. The highest BCUT2D eigenvalue weighted by molar-refractivity contribution is 5.79. The summed E-state index contributed by atoms with van der Waals surface area (Å²) in [7, 11) is 0. The molecule has 1 aliphatic rings. The van der Waals surface area contributed by atoms with Crippen LogP contribution in [-0.4, -0.2) is 111 Å². The zero-order valence-electron chi connectivity index (χ0n) is 59.3. The molecule has 0 bridgehead atoms. The highest BCUT2D eigenvalue weighted by Crippen LogP contribution is 2.23. The van der Waals surface area contributed by atoms with Gasteiger partial charge in [-0.25, -0.2) is 0 Å². The number of hydrogen-bond acceptors (Lipinski definition) is 11. The van der Waals surface area contributed by atoms with Crippen molar-refractivity contribution in [3.05, 3.63) is 0 Å². The summed E-state index contributed by atoms with van der Waals surface area (Å²) in [5, 5.41) is 12.5. The quantitative estimate of drug-likeness (QED) is 0.0257. The Morgan fingerprint density at radius 3 is 0.878 bits per heavy atom. The van der Waals surface area contributed by atoms with Gasteiger partial charge >= 0.3 is 17.9 Å². The number of rotatable bonds is 64. The second kappa shape index (κ2) is 60.2. The van der Waals surface area contributed by atoms with Crippen molar-refractivity contribution in [2.75, 3.05) is 59.1 Å². The highest BCUT2D eigenvalue weighted by Gasteiger charge is 2.38. The second-order valence-electron chi connectivity index (χ2n) is 27.3. The van der Waals surface area contributed by atoms with Crippen LogP contribution in [-0.2, 0) is 47.8 Å². The van der Waals surface area contributed by atoms with E-state index in [-0.39, 0.29) is 87.8 Å². The summed E-state index contributed by atoms with van der Waals surface area (Å²) in [6.45, 7) is 16.1. The van der Waals surface area contributed by atoms with Crippen molar-refractivity contribution in [3.63, 3.8) is 0 Å². The topological polar surface area (TPSA) is 199 Å². The fourth-order valence-electron chi connectivity index (χ4n) is 12.4. The first-order valence-electron chi connectivity index (χ1n) is 38.1. The van der Waals surface area contributed by atoms with Crippen LogP contribution in [0, 0.1) is 17.8 Å². The smallest absolute Gasteiger partial charge is 0.305 e. The van der Waals surface area contributed by atoms with Crippen molar-refractivity contribution in [1.82, 2.24) is 26.2 Å². The summed E-state index contributed by atoms with van der Waals surface area (Å²) in [5.41, 5.74) is -1.65. The molecule has 0 radical (unpaired) electrons. The molecule has 1 saturated heterocycles. The molecule has 15 nitrogen and oxygen atoms in total. The normalized spacial score (nSPS) is 14.2. The van der Waals surface area contributed by atoms with Gasteiger partial charge < -0.3 is 40.4 Å². The van der Waals surface area contributed by atoms with E-state index in [0.717, 1.165) is 90.1 Å². The minimum absolute atomic E-state index is 0.0639. The number of hydrogen-bond donors (Lipinski definition) is 4. The van der Waals surface area contributed by atoms with Gasteiger partial charge in [0.1, 0.15) is 25.4 Å². The van der Waals surface area contributed by atoms with Crippen LogP contribution in [0.2, 0.25) is 0 Å². The Balaban J connectivity index is 3.20. The lowest BCUT2D eigenvalue weighted by molar-refractivity contribution is -0.159. The number of ether oxygens (including phenoxy) is 3. The molecule has 1 fully saturated rings. The molecular formula is C75H141N5O10. The Labute approximate surface area is 551 Å². The van der Waals surface area contributed by atoms with Crippen LogP contribution in [0.1, 0.15) is 356 Å². The van der Waals surface area contributed by atoms with Gasteiger partial charge in [-0.15, -0.1) is 0 Å². The average Bonchev–Trinajstić information content (AvgIpc) is 2.98. The molecule has 0 aromatic rings. The van der Waals surface area contributed by atoms with Gasteiger partial charge in [0, 0.05) is 71.1 Å². The molecule has 0 aromatic heterocycles. The third-order valence-corrected chi connectivity index (χ3v) is 18.5. The van der Waals surface area contributed by atoms with Crippen LogP contribution in [0.25, 0.3) is 0 Å². The molecule has 3 atom stereocenters. The van der Waals surface area contributed by atoms with Crippen LogP contribution in [0.15, 0.2) is 0 Å². The van der Waals surface area contributed by atoms with E-state index < -0.39 is 43.3 Å². The first-order chi connectivity index (χ1) is 43.8. The number of nitrogens with zero attached hydrogens (tertiary/aromatic N) is 1. The minimum Gasteiger partial charge on any atom is -0.463 e. The first-order valence-corrected chi connectivity index (χ1v) is 38.1. The molecule has 0 aromatic carbocycles. The van der Waals surface area contributed by atoms with E-state index in [0.29, 0.717) is 43.9 Å². The fraction of sp³-hybridized carbons (Fsp3) is 0.907. The van der Waals surface area contributed by atoms with Crippen molar-refractivity contribution >= 4 is 41.5 Å². The Morgan fingerprint density at radius 2 is 0.589 bits per heavy atom. The van der Waals surface area contributed by atoms with Crippen LogP contribution in [0.5, 0.6) is 0 Å². The van der Waals surface area contributed by atoms with Crippen molar-refractivity contribution in [3.8, 4) is 0 Å². The van der Waals surface area contributed by atoms with Gasteiger partial charge in [-0.05, 0) is 101 Å². The van der Waals surface area contributed by atoms with Crippen LogP contribution in [0.3, 0.4) is 0 Å². The molecule has 0 saturated carbocycles. The lowest BCUT2D eigenvalue weighted by Crippen LogP contribution is -2.59. The molecule has 0 spiro atoms. The zero-order valence-corrected chi connectivity index (χ0v) is 59.3. The number of esters is 3. The predicted molar refractivity (Wildman–Crippen MR) is 370 cm³/mol. The van der Waals surface area contributed by atoms with E-state index in [1.165, 1.54) is 173 Å². The third-order valence-electron chi connectivity index (χ3n) is 18.5. The molecule has 4 amide bonds. The van der Waals surface area contributed by atoms with Crippen LogP contribution in [0.4, 0.5) is 0 Å². The summed E-state index contributed by atoms with van der Waals surface area (Å²) in [5.74, 6) is -1.25. The molecule has 0 aliphatic carbocycles. The van der Waals surface area contributed by atoms with E-state index in [1.807, 2.05) is 0 Å². The van der Waals surface area contributed by atoms with Gasteiger partial charge in [-0.3, -0.25) is 33.6 Å². The molecule has 1 heterocycles. The van der Waals surface area contributed by atoms with Gasteiger partial charge in [-0.2, -0.15) is 0 Å². The van der Waals surface area contributed by atoms with E-state index in [2.05, 4.69) is 67.7 Å². The fourth-order valence-corrected chi connectivity index (χ4v) is 12.4. The zero-order chi connectivity index (χ0) is 65.8. The Bertz CT molecular complexity index is 1610. The number of piperidine rings is 1. The molecule has 90 heavy (non-hydrogen) atoms. The third kappa shape index (κ3) is 50.8. The van der Waals surface area contributed by atoms with E-state index >= 15 is 0 Å². The maximum atomic E-state index is 14.0. The van der Waals surface area contributed by atoms with Gasteiger partial charge in [0.25, 0.3) is 0 Å².